The molecule has 2 nitrogen and oxygen atoms in total. The Bertz CT molecular complexity index is 1170. The number of fused-ring (bicyclic) bond motifs is 5. The predicted octanol–water partition coefficient (Wildman–Crippen LogP) is 6.21. The molecule has 0 aliphatic heterocycles. The Labute approximate surface area is 159 Å². The first-order chi connectivity index (χ1) is 13.4. The first-order valence-corrected chi connectivity index (χ1v) is 10.2. The molecule has 0 atom stereocenters. The number of benzene rings is 3. The van der Waals surface area contributed by atoms with Crippen molar-refractivity contribution in [3.05, 3.63) is 71.8 Å². The lowest BCUT2D eigenvalue weighted by molar-refractivity contribution is 0.690. The lowest BCUT2D eigenvalue weighted by atomic mass is 9.85. The number of hydrogen-bond donors (Lipinski definition) is 0. The summed E-state index contributed by atoms with van der Waals surface area (Å²) in [7, 11) is 0. The largest absolute Gasteiger partial charge is 0.240 e. The molecule has 1 aromatic heterocycles. The van der Waals surface area contributed by atoms with E-state index in [0.29, 0.717) is 5.92 Å². The van der Waals surface area contributed by atoms with Gasteiger partial charge in [-0.15, -0.1) is 0 Å². The van der Waals surface area contributed by atoms with Gasteiger partial charge in [0.15, 0.2) is 0 Å². The quantitative estimate of drug-likeness (QED) is 0.402. The molecular formula is C25H22N2. The summed E-state index contributed by atoms with van der Waals surface area (Å²) < 4.78 is 0. The van der Waals surface area contributed by atoms with Gasteiger partial charge in [0.25, 0.3) is 0 Å². The summed E-state index contributed by atoms with van der Waals surface area (Å²) in [5.74, 6) is 1.61. The number of hydrogen-bond acceptors (Lipinski definition) is 2. The maximum absolute atomic E-state index is 4.68. The van der Waals surface area contributed by atoms with Gasteiger partial charge in [0, 0.05) is 23.9 Å². The Morgan fingerprint density at radius 2 is 1.48 bits per heavy atom. The minimum Gasteiger partial charge on any atom is -0.240 e. The summed E-state index contributed by atoms with van der Waals surface area (Å²) in [4.78, 5) is 9.36. The van der Waals surface area contributed by atoms with Gasteiger partial charge < -0.3 is 0 Å². The van der Waals surface area contributed by atoms with E-state index in [2.05, 4.69) is 52.4 Å². The zero-order valence-corrected chi connectivity index (χ0v) is 15.4. The zero-order chi connectivity index (χ0) is 17.8. The van der Waals surface area contributed by atoms with Crippen LogP contribution in [-0.2, 0) is 12.8 Å². The van der Waals surface area contributed by atoms with Crippen molar-refractivity contribution in [2.45, 2.75) is 44.4 Å². The molecule has 0 unspecified atom stereocenters. The van der Waals surface area contributed by atoms with Gasteiger partial charge in [-0.25, -0.2) is 9.97 Å². The topological polar surface area (TPSA) is 25.8 Å². The average Bonchev–Trinajstić information content (AvgIpc) is 3.58. The summed E-state index contributed by atoms with van der Waals surface area (Å²) in [6, 6.07) is 15.9. The molecule has 2 heteroatoms. The van der Waals surface area contributed by atoms with Crippen molar-refractivity contribution in [2.24, 2.45) is 0 Å². The third-order valence-electron chi connectivity index (χ3n) is 6.30. The fourth-order valence-electron chi connectivity index (χ4n) is 4.70. The fraction of sp³-hybridized carbons (Fsp3) is 0.280. The molecular weight excluding hydrogens is 328 g/mol. The van der Waals surface area contributed by atoms with E-state index >= 15 is 0 Å². The van der Waals surface area contributed by atoms with Crippen molar-refractivity contribution in [1.82, 2.24) is 9.97 Å². The Hall–Kier alpha value is -2.74. The van der Waals surface area contributed by atoms with E-state index in [0.717, 1.165) is 11.4 Å². The van der Waals surface area contributed by atoms with Crippen LogP contribution in [-0.4, -0.2) is 9.97 Å². The second-order valence-electron chi connectivity index (χ2n) is 8.08. The number of aryl methyl sites for hydroxylation is 2. The van der Waals surface area contributed by atoms with Crippen molar-refractivity contribution < 1.29 is 0 Å². The molecule has 0 saturated heterocycles. The summed E-state index contributed by atoms with van der Waals surface area (Å²) in [5.41, 5.74) is 5.49. The second-order valence-corrected chi connectivity index (χ2v) is 8.08. The van der Waals surface area contributed by atoms with Gasteiger partial charge in [0.2, 0.25) is 0 Å². The van der Waals surface area contributed by atoms with E-state index in [-0.39, 0.29) is 0 Å². The van der Waals surface area contributed by atoms with Crippen LogP contribution in [0.25, 0.3) is 32.7 Å². The standard InChI is InChI=1S/C25H22N2/c1-2-6-19-16(5-1)11-12-22-20-7-3-4-8-21(20)23(13-24(19)22)18-14-26-25(27-15-18)17-9-10-17/h3-4,7-8,11-15,17H,1-2,5-6,9-10H2. The molecule has 27 heavy (non-hydrogen) atoms. The maximum atomic E-state index is 4.68. The van der Waals surface area contributed by atoms with Gasteiger partial charge in [-0.3, -0.25) is 0 Å². The van der Waals surface area contributed by atoms with E-state index in [1.807, 2.05) is 12.4 Å². The first-order valence-electron chi connectivity index (χ1n) is 10.2. The molecule has 4 aromatic rings. The molecule has 1 saturated carbocycles. The van der Waals surface area contributed by atoms with E-state index in [1.165, 1.54) is 71.2 Å². The third kappa shape index (κ3) is 2.47. The van der Waals surface area contributed by atoms with Crippen molar-refractivity contribution in [3.63, 3.8) is 0 Å². The van der Waals surface area contributed by atoms with E-state index in [1.54, 1.807) is 5.56 Å². The minimum atomic E-state index is 0.597. The smallest absolute Gasteiger partial charge is 0.131 e. The number of nitrogens with zero attached hydrogens (tertiary/aromatic N) is 2. The van der Waals surface area contributed by atoms with Crippen LogP contribution in [0.15, 0.2) is 54.9 Å². The molecule has 1 fully saturated rings. The highest BCUT2D eigenvalue weighted by molar-refractivity contribution is 6.14. The maximum Gasteiger partial charge on any atom is 0.131 e. The number of rotatable bonds is 2. The van der Waals surface area contributed by atoms with Gasteiger partial charge >= 0.3 is 0 Å². The van der Waals surface area contributed by atoms with Crippen molar-refractivity contribution in [3.8, 4) is 11.1 Å². The molecule has 0 bridgehead atoms. The number of aromatic nitrogens is 2. The van der Waals surface area contributed by atoms with Crippen molar-refractivity contribution in [2.75, 3.05) is 0 Å². The first kappa shape index (κ1) is 15.3. The molecule has 1 heterocycles. The Balaban J connectivity index is 1.64. The molecule has 3 aromatic carbocycles. The van der Waals surface area contributed by atoms with Crippen LogP contribution in [0, 0.1) is 0 Å². The van der Waals surface area contributed by atoms with Crippen LogP contribution in [0.4, 0.5) is 0 Å². The molecule has 132 valence electrons. The second kappa shape index (κ2) is 5.88. The Kier molecular flexibility index (Phi) is 3.34. The summed E-state index contributed by atoms with van der Waals surface area (Å²) in [6.45, 7) is 0. The molecule has 2 aliphatic carbocycles. The van der Waals surface area contributed by atoms with Crippen molar-refractivity contribution in [1.29, 1.82) is 0 Å². The summed E-state index contributed by atoms with van der Waals surface area (Å²) >= 11 is 0. The van der Waals surface area contributed by atoms with Crippen LogP contribution >= 0.6 is 0 Å². The average molecular weight is 350 g/mol. The predicted molar refractivity (Wildman–Crippen MR) is 111 cm³/mol. The van der Waals surface area contributed by atoms with Gasteiger partial charge in [-0.05, 0) is 82.8 Å². The molecule has 0 spiro atoms. The Morgan fingerprint density at radius 1 is 0.741 bits per heavy atom. The highest BCUT2D eigenvalue weighted by Crippen LogP contribution is 2.40. The summed E-state index contributed by atoms with van der Waals surface area (Å²) in [6.07, 6.45) is 11.6. The lowest BCUT2D eigenvalue weighted by Gasteiger charge is -2.20. The zero-order valence-electron chi connectivity index (χ0n) is 15.4. The van der Waals surface area contributed by atoms with Crippen LogP contribution < -0.4 is 0 Å². The van der Waals surface area contributed by atoms with Crippen LogP contribution in [0.5, 0.6) is 0 Å². The van der Waals surface area contributed by atoms with Gasteiger partial charge in [0.05, 0.1) is 0 Å². The van der Waals surface area contributed by atoms with E-state index in [4.69, 9.17) is 0 Å². The minimum absolute atomic E-state index is 0.597. The van der Waals surface area contributed by atoms with E-state index < -0.39 is 0 Å². The molecule has 0 amide bonds. The SMILES string of the molecule is c1ccc2c(c1)c(-c1cnc(C3CC3)nc1)cc1c3c(ccc12)CCCC3. The van der Waals surface area contributed by atoms with Gasteiger partial charge in [-0.1, -0.05) is 36.4 Å². The van der Waals surface area contributed by atoms with E-state index in [9.17, 15) is 0 Å². The molecule has 0 N–H and O–H groups in total. The summed E-state index contributed by atoms with van der Waals surface area (Å²) in [5, 5.41) is 5.44. The fourth-order valence-corrected chi connectivity index (χ4v) is 4.70. The highest BCUT2D eigenvalue weighted by atomic mass is 14.9. The molecule has 0 radical (unpaired) electrons. The van der Waals surface area contributed by atoms with Crippen molar-refractivity contribution >= 4 is 21.5 Å². The normalized spacial score (nSPS) is 16.6. The molecule has 6 rings (SSSR count). The Morgan fingerprint density at radius 3 is 2.30 bits per heavy atom. The van der Waals surface area contributed by atoms with Gasteiger partial charge in [-0.2, -0.15) is 0 Å². The van der Waals surface area contributed by atoms with Gasteiger partial charge in [0.1, 0.15) is 5.82 Å². The highest BCUT2D eigenvalue weighted by Gasteiger charge is 2.26. The molecule has 2 aliphatic rings. The monoisotopic (exact) mass is 350 g/mol. The third-order valence-corrected chi connectivity index (χ3v) is 6.30. The van der Waals surface area contributed by atoms with Crippen LogP contribution in [0.1, 0.15) is 48.6 Å². The van der Waals surface area contributed by atoms with Crippen LogP contribution in [0.2, 0.25) is 0 Å². The van der Waals surface area contributed by atoms with Crippen LogP contribution in [0.3, 0.4) is 0 Å². The lowest BCUT2D eigenvalue weighted by Crippen LogP contribution is -2.03.